The predicted octanol–water partition coefficient (Wildman–Crippen LogP) is 4.05. The minimum Gasteiger partial charge on any atom is -0.507 e. The highest BCUT2D eigenvalue weighted by Gasteiger charge is 2.31. The minimum absolute atomic E-state index is 0.233. The van der Waals surface area contributed by atoms with Gasteiger partial charge in [-0.2, -0.15) is 0 Å². The smallest absolute Gasteiger partial charge is 0.160 e. The van der Waals surface area contributed by atoms with E-state index in [0.717, 1.165) is 36.0 Å². The second-order valence-electron chi connectivity index (χ2n) is 7.03. The van der Waals surface area contributed by atoms with Crippen LogP contribution in [0.5, 0.6) is 5.75 Å². The summed E-state index contributed by atoms with van der Waals surface area (Å²) >= 11 is 0. The van der Waals surface area contributed by atoms with E-state index in [0.29, 0.717) is 17.8 Å². The van der Waals surface area contributed by atoms with Crippen molar-refractivity contribution in [1.82, 2.24) is 20.1 Å². The van der Waals surface area contributed by atoms with Gasteiger partial charge < -0.3 is 10.1 Å². The predicted molar refractivity (Wildman–Crippen MR) is 99.6 cm³/mol. The maximum absolute atomic E-state index is 10.2. The number of rotatable bonds is 3. The average molecular weight is 336 g/mol. The summed E-state index contributed by atoms with van der Waals surface area (Å²) in [6.45, 7) is 7.83. The number of phenolic OH excluding ortho intramolecular Hbond substituents is 1. The average Bonchev–Trinajstić information content (AvgIpc) is 2.99. The molecule has 0 fully saturated rings. The molecule has 0 saturated carbocycles. The van der Waals surface area contributed by atoms with Crippen molar-refractivity contribution in [3.05, 3.63) is 41.6 Å². The number of nitrogens with zero attached hydrogens (tertiary/aromatic N) is 3. The fourth-order valence-electron chi connectivity index (χ4n) is 4.08. The first-order valence-corrected chi connectivity index (χ1v) is 9.02. The van der Waals surface area contributed by atoms with Gasteiger partial charge in [0.15, 0.2) is 5.65 Å². The van der Waals surface area contributed by atoms with E-state index in [4.69, 9.17) is 0 Å². The molecule has 4 rings (SSSR count). The fourth-order valence-corrected chi connectivity index (χ4v) is 4.08. The van der Waals surface area contributed by atoms with Gasteiger partial charge in [-0.1, -0.05) is 19.1 Å². The molecule has 5 heteroatoms. The van der Waals surface area contributed by atoms with Crippen LogP contribution in [0.25, 0.3) is 22.3 Å². The Balaban J connectivity index is 1.89. The molecule has 1 aliphatic heterocycles. The van der Waals surface area contributed by atoms with Crippen molar-refractivity contribution < 1.29 is 5.11 Å². The van der Waals surface area contributed by atoms with E-state index in [1.807, 2.05) is 18.2 Å². The molecule has 3 heterocycles. The molecule has 0 unspecified atom stereocenters. The van der Waals surface area contributed by atoms with Gasteiger partial charge in [0.05, 0.1) is 5.69 Å². The first kappa shape index (κ1) is 16.1. The lowest BCUT2D eigenvalue weighted by Gasteiger charge is -2.38. The van der Waals surface area contributed by atoms with Crippen LogP contribution in [0, 0.1) is 0 Å². The van der Waals surface area contributed by atoms with E-state index in [2.05, 4.69) is 46.9 Å². The summed E-state index contributed by atoms with van der Waals surface area (Å²) in [7, 11) is 0. The van der Waals surface area contributed by atoms with Gasteiger partial charge in [0, 0.05) is 41.7 Å². The van der Waals surface area contributed by atoms with Crippen LogP contribution in [-0.2, 0) is 6.42 Å². The van der Waals surface area contributed by atoms with Crippen LogP contribution in [0.4, 0.5) is 0 Å². The van der Waals surface area contributed by atoms with Crippen LogP contribution in [0.3, 0.4) is 0 Å². The molecular formula is C20H24N4O. The largest absolute Gasteiger partial charge is 0.507 e. The van der Waals surface area contributed by atoms with E-state index >= 15 is 0 Å². The van der Waals surface area contributed by atoms with E-state index < -0.39 is 0 Å². The van der Waals surface area contributed by atoms with Gasteiger partial charge in [0.2, 0.25) is 0 Å². The molecule has 0 amide bonds. The molecule has 2 aromatic heterocycles. The Morgan fingerprint density at radius 3 is 2.80 bits per heavy atom. The van der Waals surface area contributed by atoms with Crippen molar-refractivity contribution in [2.45, 2.75) is 45.7 Å². The molecule has 0 radical (unpaired) electrons. The van der Waals surface area contributed by atoms with Crippen LogP contribution in [0.2, 0.25) is 0 Å². The zero-order valence-corrected chi connectivity index (χ0v) is 15.0. The number of para-hydroxylation sites is 1. The van der Waals surface area contributed by atoms with Crippen LogP contribution in [0.1, 0.15) is 44.5 Å². The number of benzene rings is 1. The minimum atomic E-state index is 0.233. The van der Waals surface area contributed by atoms with E-state index in [9.17, 15) is 5.11 Å². The van der Waals surface area contributed by atoms with Crippen LogP contribution in [0.15, 0.2) is 30.3 Å². The summed E-state index contributed by atoms with van der Waals surface area (Å²) in [5, 5.41) is 20.0. The van der Waals surface area contributed by atoms with Crippen LogP contribution < -0.4 is 0 Å². The van der Waals surface area contributed by atoms with Crippen molar-refractivity contribution in [2.24, 2.45) is 0 Å². The molecule has 0 saturated heterocycles. The Kier molecular flexibility index (Phi) is 3.96. The molecule has 0 bridgehead atoms. The number of H-pyrrole nitrogens is 1. The first-order valence-electron chi connectivity index (χ1n) is 9.02. The van der Waals surface area contributed by atoms with Crippen molar-refractivity contribution in [1.29, 1.82) is 0 Å². The summed E-state index contributed by atoms with van der Waals surface area (Å²) in [6, 6.07) is 10.2. The van der Waals surface area contributed by atoms with Crippen LogP contribution in [-0.4, -0.2) is 37.8 Å². The normalized spacial score (nSPS) is 18.0. The van der Waals surface area contributed by atoms with E-state index in [1.54, 1.807) is 6.07 Å². The van der Waals surface area contributed by atoms with Crippen molar-refractivity contribution in [2.75, 3.05) is 6.54 Å². The fraction of sp³-hybridized carbons (Fsp3) is 0.400. The molecule has 3 aromatic rings. The highest BCUT2D eigenvalue weighted by atomic mass is 16.3. The van der Waals surface area contributed by atoms with Gasteiger partial charge in [0.25, 0.3) is 0 Å². The molecule has 1 aromatic carbocycles. The quantitative estimate of drug-likeness (QED) is 0.757. The standard InChI is InChI=1S/C20H24N4O/c1-4-17-19-14-11-16(13-7-5-6-8-18(13)25)22-23-20(14)21-15(19)9-10-24(17)12(2)3/h5-8,11-12,17,25H,4,9-10H2,1-3H3,(H,21,23)/t17-/m0/s1. The Bertz CT molecular complexity index is 915. The van der Waals surface area contributed by atoms with Gasteiger partial charge in [-0.15, -0.1) is 10.2 Å². The molecule has 1 aliphatic rings. The van der Waals surface area contributed by atoms with E-state index in [1.165, 1.54) is 11.3 Å². The summed E-state index contributed by atoms with van der Waals surface area (Å²) in [6.07, 6.45) is 2.07. The van der Waals surface area contributed by atoms with Gasteiger partial charge in [0.1, 0.15) is 5.75 Å². The summed E-state index contributed by atoms with van der Waals surface area (Å²) in [5.74, 6) is 0.233. The lowest BCUT2D eigenvalue weighted by Crippen LogP contribution is -2.39. The Morgan fingerprint density at radius 1 is 1.28 bits per heavy atom. The second kappa shape index (κ2) is 6.15. The molecule has 130 valence electrons. The van der Waals surface area contributed by atoms with Gasteiger partial charge >= 0.3 is 0 Å². The Morgan fingerprint density at radius 2 is 2.08 bits per heavy atom. The number of nitrogens with one attached hydrogen (secondary N) is 1. The number of phenols is 1. The number of hydrogen-bond donors (Lipinski definition) is 2. The van der Waals surface area contributed by atoms with Crippen molar-refractivity contribution >= 4 is 11.0 Å². The van der Waals surface area contributed by atoms with Gasteiger partial charge in [-0.25, -0.2) is 0 Å². The number of aromatic nitrogens is 3. The molecule has 0 spiro atoms. The maximum atomic E-state index is 10.2. The third-order valence-electron chi connectivity index (χ3n) is 5.26. The van der Waals surface area contributed by atoms with Crippen molar-refractivity contribution in [3.8, 4) is 17.0 Å². The molecule has 0 aliphatic carbocycles. The highest BCUT2D eigenvalue weighted by molar-refractivity contribution is 5.86. The Labute approximate surface area is 147 Å². The molecule has 5 nitrogen and oxygen atoms in total. The lowest BCUT2D eigenvalue weighted by molar-refractivity contribution is 0.139. The monoisotopic (exact) mass is 336 g/mol. The third kappa shape index (κ3) is 2.59. The molecular weight excluding hydrogens is 312 g/mol. The van der Waals surface area contributed by atoms with Crippen molar-refractivity contribution in [3.63, 3.8) is 0 Å². The number of aromatic hydroxyl groups is 1. The zero-order valence-electron chi connectivity index (χ0n) is 15.0. The number of aromatic amines is 1. The number of fused-ring (bicyclic) bond motifs is 3. The van der Waals surface area contributed by atoms with E-state index in [-0.39, 0.29) is 5.75 Å². The molecule has 25 heavy (non-hydrogen) atoms. The lowest BCUT2D eigenvalue weighted by atomic mass is 9.93. The van der Waals surface area contributed by atoms with Gasteiger partial charge in [-0.05, 0) is 44.0 Å². The Hall–Kier alpha value is -2.40. The zero-order chi connectivity index (χ0) is 17.6. The highest BCUT2D eigenvalue weighted by Crippen LogP contribution is 2.39. The van der Waals surface area contributed by atoms with Crippen LogP contribution >= 0.6 is 0 Å². The first-order chi connectivity index (χ1) is 12.1. The second-order valence-corrected chi connectivity index (χ2v) is 7.03. The van der Waals surface area contributed by atoms with Gasteiger partial charge in [-0.3, -0.25) is 4.90 Å². The maximum Gasteiger partial charge on any atom is 0.160 e. The molecule has 2 N–H and O–H groups in total. The third-order valence-corrected chi connectivity index (χ3v) is 5.26. The topological polar surface area (TPSA) is 65.0 Å². The molecule has 1 atom stereocenters. The number of hydrogen-bond acceptors (Lipinski definition) is 4. The summed E-state index contributed by atoms with van der Waals surface area (Å²) in [5.41, 5.74) is 4.90. The summed E-state index contributed by atoms with van der Waals surface area (Å²) in [4.78, 5) is 6.04. The summed E-state index contributed by atoms with van der Waals surface area (Å²) < 4.78 is 0. The SMILES string of the molecule is CC[C@H]1c2c([nH]c3nnc(-c4ccccc4O)cc23)CCN1C(C)C.